The topological polar surface area (TPSA) is 45.5 Å². The van der Waals surface area contributed by atoms with Gasteiger partial charge in [0, 0.05) is 24.1 Å². The van der Waals surface area contributed by atoms with Crippen LogP contribution < -0.4 is 10.2 Å². The van der Waals surface area contributed by atoms with Crippen molar-refractivity contribution in [2.45, 2.75) is 44.7 Å². The fourth-order valence-electron chi connectivity index (χ4n) is 4.21. The van der Waals surface area contributed by atoms with Crippen LogP contribution in [0.1, 0.15) is 44.1 Å². The van der Waals surface area contributed by atoms with Gasteiger partial charge < -0.3 is 14.6 Å². The maximum Gasteiger partial charge on any atom is 0.223 e. The van der Waals surface area contributed by atoms with Gasteiger partial charge in [-0.3, -0.25) is 4.79 Å². The van der Waals surface area contributed by atoms with Crippen molar-refractivity contribution < 1.29 is 9.21 Å². The number of carbonyl (C=O) groups is 1. The molecule has 4 nitrogen and oxygen atoms in total. The Balaban J connectivity index is 1.87. The predicted molar refractivity (Wildman–Crippen MR) is 99.4 cm³/mol. The zero-order chi connectivity index (χ0) is 17.7. The van der Waals surface area contributed by atoms with E-state index in [1.807, 2.05) is 18.2 Å². The minimum Gasteiger partial charge on any atom is -0.465 e. The van der Waals surface area contributed by atoms with Crippen molar-refractivity contribution in [1.82, 2.24) is 5.32 Å². The first kappa shape index (κ1) is 16.0. The number of benzene rings is 1. The summed E-state index contributed by atoms with van der Waals surface area (Å²) >= 11 is 0. The number of amides is 1. The number of hydrogen-bond acceptors (Lipinski definition) is 3. The molecule has 2 aliphatic rings. The SMILES string of the molecule is CCc1ccc2c(c1)C(C)(C)[C@@]1(C=Cc3ccco3)NC(=O)CCN21. The average Bonchev–Trinajstić information content (AvgIpc) is 3.18. The zero-order valence-corrected chi connectivity index (χ0v) is 15.0. The number of rotatable bonds is 3. The molecule has 0 radical (unpaired) electrons. The average molecular weight is 336 g/mol. The summed E-state index contributed by atoms with van der Waals surface area (Å²) in [6.07, 6.45) is 7.24. The van der Waals surface area contributed by atoms with Crippen LogP contribution in [0.25, 0.3) is 6.08 Å². The van der Waals surface area contributed by atoms with Crippen LogP contribution in [0.15, 0.2) is 47.1 Å². The molecule has 0 bridgehead atoms. The van der Waals surface area contributed by atoms with Crippen LogP contribution in [-0.2, 0) is 16.6 Å². The smallest absolute Gasteiger partial charge is 0.223 e. The molecule has 4 heteroatoms. The first-order valence-corrected chi connectivity index (χ1v) is 8.93. The maximum atomic E-state index is 12.3. The Morgan fingerprint density at radius 2 is 2.16 bits per heavy atom. The number of hydrogen-bond donors (Lipinski definition) is 1. The minimum absolute atomic E-state index is 0.0944. The van der Waals surface area contributed by atoms with E-state index in [9.17, 15) is 4.79 Å². The molecule has 0 aliphatic carbocycles. The van der Waals surface area contributed by atoms with Crippen LogP contribution in [0.2, 0.25) is 0 Å². The minimum atomic E-state index is -0.580. The van der Waals surface area contributed by atoms with Crippen LogP contribution in [0.4, 0.5) is 5.69 Å². The lowest BCUT2D eigenvalue weighted by Crippen LogP contribution is -2.68. The van der Waals surface area contributed by atoms with E-state index >= 15 is 0 Å². The second-order valence-corrected chi connectivity index (χ2v) is 7.40. The molecule has 1 amide bonds. The van der Waals surface area contributed by atoms with Gasteiger partial charge in [-0.2, -0.15) is 0 Å². The molecule has 1 N–H and O–H groups in total. The van der Waals surface area contributed by atoms with Gasteiger partial charge in [0.1, 0.15) is 11.4 Å². The molecule has 2 aromatic rings. The van der Waals surface area contributed by atoms with Gasteiger partial charge in [-0.1, -0.05) is 32.9 Å². The Bertz CT molecular complexity index is 836. The Kier molecular flexibility index (Phi) is 3.53. The second kappa shape index (κ2) is 5.51. The Morgan fingerprint density at radius 3 is 2.88 bits per heavy atom. The first-order chi connectivity index (χ1) is 12.0. The lowest BCUT2D eigenvalue weighted by Gasteiger charge is -2.49. The predicted octanol–water partition coefficient (Wildman–Crippen LogP) is 3.87. The zero-order valence-electron chi connectivity index (χ0n) is 15.0. The van der Waals surface area contributed by atoms with Crippen molar-refractivity contribution in [3.8, 4) is 0 Å². The highest BCUT2D eigenvalue weighted by Gasteiger charge is 2.57. The molecule has 0 saturated carbocycles. The number of nitrogens with one attached hydrogen (secondary N) is 1. The van der Waals surface area contributed by atoms with Gasteiger partial charge in [-0.05, 0) is 47.9 Å². The molecular formula is C21H24N2O2. The van der Waals surface area contributed by atoms with Crippen LogP contribution in [-0.4, -0.2) is 18.1 Å². The molecule has 4 rings (SSSR count). The number of fused-ring (bicyclic) bond motifs is 3. The van der Waals surface area contributed by atoms with Crippen molar-refractivity contribution in [1.29, 1.82) is 0 Å². The van der Waals surface area contributed by atoms with Gasteiger partial charge >= 0.3 is 0 Å². The Hall–Kier alpha value is -2.49. The highest BCUT2D eigenvalue weighted by molar-refractivity contribution is 5.84. The summed E-state index contributed by atoms with van der Waals surface area (Å²) in [7, 11) is 0. The molecule has 1 atom stereocenters. The van der Waals surface area contributed by atoms with Crippen molar-refractivity contribution in [2.24, 2.45) is 0 Å². The van der Waals surface area contributed by atoms with E-state index in [1.165, 1.54) is 16.8 Å². The monoisotopic (exact) mass is 336 g/mol. The quantitative estimate of drug-likeness (QED) is 0.925. The lowest BCUT2D eigenvalue weighted by molar-refractivity contribution is -0.124. The van der Waals surface area contributed by atoms with E-state index in [-0.39, 0.29) is 11.3 Å². The van der Waals surface area contributed by atoms with Crippen LogP contribution in [0.3, 0.4) is 0 Å². The molecular weight excluding hydrogens is 312 g/mol. The molecule has 0 unspecified atom stereocenters. The van der Waals surface area contributed by atoms with E-state index in [4.69, 9.17) is 4.42 Å². The molecule has 1 aromatic heterocycles. The van der Waals surface area contributed by atoms with Crippen molar-refractivity contribution in [2.75, 3.05) is 11.4 Å². The van der Waals surface area contributed by atoms with E-state index in [2.05, 4.69) is 55.3 Å². The molecule has 130 valence electrons. The largest absolute Gasteiger partial charge is 0.465 e. The number of furan rings is 1. The molecule has 0 spiro atoms. The first-order valence-electron chi connectivity index (χ1n) is 8.93. The summed E-state index contributed by atoms with van der Waals surface area (Å²) in [4.78, 5) is 14.7. The molecule has 1 fully saturated rings. The fourth-order valence-corrected chi connectivity index (χ4v) is 4.21. The molecule has 2 aliphatic heterocycles. The van der Waals surface area contributed by atoms with Gasteiger partial charge in [-0.15, -0.1) is 0 Å². The Labute approximate surface area is 148 Å². The summed E-state index contributed by atoms with van der Waals surface area (Å²) in [6, 6.07) is 10.5. The van der Waals surface area contributed by atoms with Gasteiger partial charge in [0.05, 0.1) is 6.26 Å². The lowest BCUT2D eigenvalue weighted by atomic mass is 9.74. The molecule has 3 heterocycles. The number of nitrogens with zero attached hydrogens (tertiary/aromatic N) is 1. The molecule has 1 aromatic carbocycles. The Morgan fingerprint density at radius 1 is 1.32 bits per heavy atom. The van der Waals surface area contributed by atoms with Gasteiger partial charge in [-0.25, -0.2) is 0 Å². The number of aryl methyl sites for hydroxylation is 1. The number of anilines is 1. The van der Waals surface area contributed by atoms with E-state index in [0.29, 0.717) is 6.42 Å². The summed E-state index contributed by atoms with van der Waals surface area (Å²) in [5.74, 6) is 0.882. The normalized spacial score (nSPS) is 24.3. The summed E-state index contributed by atoms with van der Waals surface area (Å²) in [6.45, 7) is 7.31. The van der Waals surface area contributed by atoms with Gasteiger partial charge in [0.15, 0.2) is 0 Å². The van der Waals surface area contributed by atoms with Crippen molar-refractivity contribution in [3.05, 3.63) is 59.6 Å². The second-order valence-electron chi connectivity index (χ2n) is 7.40. The van der Waals surface area contributed by atoms with Crippen LogP contribution in [0, 0.1) is 0 Å². The van der Waals surface area contributed by atoms with E-state index in [0.717, 1.165) is 18.7 Å². The summed E-state index contributed by atoms with van der Waals surface area (Å²) < 4.78 is 5.46. The van der Waals surface area contributed by atoms with Gasteiger partial charge in [0.2, 0.25) is 5.91 Å². The third-order valence-electron chi connectivity index (χ3n) is 5.74. The number of carbonyl (C=O) groups excluding carboxylic acids is 1. The van der Waals surface area contributed by atoms with Crippen molar-refractivity contribution >= 4 is 17.7 Å². The van der Waals surface area contributed by atoms with Gasteiger partial charge in [0.25, 0.3) is 0 Å². The third kappa shape index (κ3) is 2.24. The standard InChI is InChI=1S/C21H24N2O2/c1-4-15-7-8-18-17(14-15)20(2,3)21(11-9-16-6-5-13-25-16)22-19(24)10-12-23(18)21/h5-9,11,13-14H,4,10,12H2,1-3H3,(H,22,24)/t21-/m0/s1. The molecule has 25 heavy (non-hydrogen) atoms. The van der Waals surface area contributed by atoms with Crippen LogP contribution in [0.5, 0.6) is 0 Å². The highest BCUT2D eigenvalue weighted by Crippen LogP contribution is 2.52. The highest BCUT2D eigenvalue weighted by atomic mass is 16.3. The molecule has 1 saturated heterocycles. The van der Waals surface area contributed by atoms with E-state index < -0.39 is 5.66 Å². The van der Waals surface area contributed by atoms with Crippen molar-refractivity contribution in [3.63, 3.8) is 0 Å². The third-order valence-corrected chi connectivity index (χ3v) is 5.74. The summed E-state index contributed by atoms with van der Waals surface area (Å²) in [5, 5.41) is 3.29. The maximum absolute atomic E-state index is 12.3. The summed E-state index contributed by atoms with van der Waals surface area (Å²) in [5.41, 5.74) is 2.99. The van der Waals surface area contributed by atoms with E-state index in [1.54, 1.807) is 6.26 Å². The fraction of sp³-hybridized carbons (Fsp3) is 0.381. The van der Waals surface area contributed by atoms with Crippen LogP contribution >= 0.6 is 0 Å².